The lowest BCUT2D eigenvalue weighted by Crippen LogP contribution is -2.35. The SMILES string of the molecule is C=CCOC(=O)C(Cl)(Cl)CC(COC(=O)C(Cl)Cl)CC(CCCOC(=O)C(Cl)(Cl)CC(COC(=O)C(Cl)(Cl)Cl)CC(Cl)COC(=O)C(Cl)(Cl)Cl)COC. The van der Waals surface area contributed by atoms with Crippen LogP contribution in [-0.4, -0.2) is 103 Å². The molecule has 4 unspecified atom stereocenters. The highest BCUT2D eigenvalue weighted by atomic mass is 35.6. The van der Waals surface area contributed by atoms with Crippen LogP contribution >= 0.6 is 151 Å². The van der Waals surface area contributed by atoms with Gasteiger partial charge in [0.25, 0.3) is 7.59 Å². The monoisotopic (exact) mass is 1010 g/mol. The van der Waals surface area contributed by atoms with Gasteiger partial charge in [-0.1, -0.05) is 152 Å². The van der Waals surface area contributed by atoms with Gasteiger partial charge in [0, 0.05) is 13.7 Å². The van der Waals surface area contributed by atoms with Gasteiger partial charge in [-0.05, 0) is 56.3 Å². The van der Waals surface area contributed by atoms with Crippen LogP contribution in [-0.2, 0) is 52.4 Å². The van der Waals surface area contributed by atoms with E-state index < -0.39 is 87.8 Å². The van der Waals surface area contributed by atoms with Crippen molar-refractivity contribution in [1.29, 1.82) is 0 Å². The van der Waals surface area contributed by atoms with E-state index in [0.29, 0.717) is 6.42 Å². The normalized spacial score (nSPS) is 14.8. The molecule has 0 saturated heterocycles. The average molecular weight is 1020 g/mol. The molecule has 0 N–H and O–H groups in total. The van der Waals surface area contributed by atoms with Gasteiger partial charge in [-0.2, -0.15) is 0 Å². The minimum Gasteiger partial charge on any atom is -0.463 e. The Kier molecular flexibility index (Phi) is 26.4. The molecule has 4 atom stereocenters. The summed E-state index contributed by atoms with van der Waals surface area (Å²) in [6.45, 7) is 2.17. The first kappa shape index (κ1) is 53.8. The molecule has 0 radical (unpaired) electrons. The Labute approximate surface area is 372 Å². The van der Waals surface area contributed by atoms with E-state index in [1.54, 1.807) is 0 Å². The van der Waals surface area contributed by atoms with Gasteiger partial charge in [0.05, 0.1) is 25.2 Å². The number of ether oxygens (including phenoxy) is 6. The predicted octanol–water partition coefficient (Wildman–Crippen LogP) is 9.22. The van der Waals surface area contributed by atoms with E-state index >= 15 is 0 Å². The Morgan fingerprint density at radius 3 is 1.55 bits per heavy atom. The standard InChI is InChI=1S/C29H35Cl13O11/c1-3-6-49-22(44)26(33,34)10-17(13-51-21(43)20(31)32)8-16(12-48-2)5-4-7-50-23(45)27(35,36)11-18(14-52-24(46)28(37,38)39)9-19(30)15-53-25(47)29(40,41)42/h3,16-20H,1,4-15H2,2H3. The molecule has 0 bridgehead atoms. The van der Waals surface area contributed by atoms with E-state index in [9.17, 15) is 24.0 Å². The Bertz CT molecular complexity index is 1190. The lowest BCUT2D eigenvalue weighted by Gasteiger charge is -2.28. The molecular weight excluding hydrogens is 985 g/mol. The number of alkyl halides is 13. The average Bonchev–Trinajstić information content (AvgIpc) is 3.03. The van der Waals surface area contributed by atoms with Crippen molar-refractivity contribution in [3.63, 3.8) is 0 Å². The van der Waals surface area contributed by atoms with Gasteiger partial charge >= 0.3 is 29.8 Å². The summed E-state index contributed by atoms with van der Waals surface area (Å²) < 4.78 is 21.7. The second kappa shape index (κ2) is 26.0. The quantitative estimate of drug-likeness (QED) is 0.0284. The van der Waals surface area contributed by atoms with Crippen LogP contribution in [0.3, 0.4) is 0 Å². The fourth-order valence-corrected chi connectivity index (χ4v) is 6.25. The highest BCUT2D eigenvalue weighted by molar-refractivity contribution is 6.76. The predicted molar refractivity (Wildman–Crippen MR) is 210 cm³/mol. The molecule has 0 aliphatic carbocycles. The lowest BCUT2D eigenvalue weighted by molar-refractivity contribution is -0.147. The first-order chi connectivity index (χ1) is 24.3. The molecule has 0 fully saturated rings. The maximum Gasteiger partial charge on any atom is 0.358 e. The zero-order chi connectivity index (χ0) is 41.2. The van der Waals surface area contributed by atoms with Crippen molar-refractivity contribution in [3.05, 3.63) is 12.7 Å². The Hall–Kier alpha value is 0.820. The summed E-state index contributed by atoms with van der Waals surface area (Å²) in [5.41, 5.74) is 0. The van der Waals surface area contributed by atoms with Gasteiger partial charge in [0.2, 0.25) is 13.5 Å². The van der Waals surface area contributed by atoms with Crippen molar-refractivity contribution in [3.8, 4) is 0 Å². The molecule has 0 saturated carbocycles. The second-order valence-electron chi connectivity index (χ2n) is 11.2. The van der Waals surface area contributed by atoms with Gasteiger partial charge < -0.3 is 28.4 Å². The molecule has 0 aromatic rings. The van der Waals surface area contributed by atoms with Gasteiger partial charge in [-0.25, -0.2) is 24.0 Å². The number of esters is 5. The molecule has 0 rings (SSSR count). The Morgan fingerprint density at radius 1 is 0.604 bits per heavy atom. The summed E-state index contributed by atoms with van der Waals surface area (Å²) in [5.74, 6) is -7.08. The molecule has 0 aliphatic heterocycles. The van der Waals surface area contributed by atoms with Crippen LogP contribution in [0, 0.1) is 17.8 Å². The summed E-state index contributed by atoms with van der Waals surface area (Å²) in [6, 6.07) is 0. The fourth-order valence-electron chi connectivity index (χ4n) is 4.39. The minimum atomic E-state index is -2.42. The largest absolute Gasteiger partial charge is 0.463 e. The third-order valence-corrected chi connectivity index (χ3v) is 9.44. The third kappa shape index (κ3) is 23.7. The van der Waals surface area contributed by atoms with Crippen molar-refractivity contribution < 1.29 is 52.4 Å². The molecule has 0 heterocycles. The minimum absolute atomic E-state index is 0.111. The van der Waals surface area contributed by atoms with Crippen LogP contribution in [0.1, 0.15) is 38.5 Å². The second-order valence-corrected chi connectivity index (χ2v) is 20.5. The first-order valence-corrected chi connectivity index (χ1v) is 20.1. The topological polar surface area (TPSA) is 141 Å². The number of rotatable bonds is 25. The van der Waals surface area contributed by atoms with Gasteiger partial charge in [-0.15, -0.1) is 11.6 Å². The number of hydrogen-bond donors (Lipinski definition) is 0. The highest BCUT2D eigenvalue weighted by Gasteiger charge is 2.42. The molecule has 0 aromatic heterocycles. The van der Waals surface area contributed by atoms with Crippen LogP contribution in [0.15, 0.2) is 12.7 Å². The first-order valence-electron chi connectivity index (χ1n) is 15.0. The number of carbonyl (C=O) groups excluding carboxylic acids is 5. The van der Waals surface area contributed by atoms with Crippen molar-refractivity contribution >= 4 is 181 Å². The van der Waals surface area contributed by atoms with Gasteiger partial charge in [-0.3, -0.25) is 0 Å². The molecule has 11 nitrogen and oxygen atoms in total. The third-order valence-electron chi connectivity index (χ3n) is 6.62. The van der Waals surface area contributed by atoms with Crippen molar-refractivity contribution in [2.75, 3.05) is 46.8 Å². The number of hydrogen-bond acceptors (Lipinski definition) is 11. The molecule has 308 valence electrons. The smallest absolute Gasteiger partial charge is 0.358 e. The van der Waals surface area contributed by atoms with Crippen molar-refractivity contribution in [1.82, 2.24) is 0 Å². The van der Waals surface area contributed by atoms with E-state index in [4.69, 9.17) is 179 Å². The van der Waals surface area contributed by atoms with Crippen LogP contribution < -0.4 is 0 Å². The van der Waals surface area contributed by atoms with Gasteiger partial charge in [0.1, 0.15) is 13.2 Å². The molecule has 0 amide bonds. The van der Waals surface area contributed by atoms with E-state index in [1.807, 2.05) is 0 Å². The zero-order valence-corrected chi connectivity index (χ0v) is 37.4. The van der Waals surface area contributed by atoms with Gasteiger partial charge in [0.15, 0.2) is 0 Å². The Morgan fingerprint density at radius 2 is 1.08 bits per heavy atom. The maximum atomic E-state index is 13.0. The lowest BCUT2D eigenvalue weighted by atomic mass is 9.89. The number of methoxy groups -OCH3 is 1. The maximum absolute atomic E-state index is 13.0. The molecule has 0 aliphatic rings. The van der Waals surface area contributed by atoms with E-state index in [2.05, 4.69) is 6.58 Å². The van der Waals surface area contributed by atoms with Crippen LogP contribution in [0.4, 0.5) is 0 Å². The summed E-state index contributed by atoms with van der Waals surface area (Å²) >= 11 is 75.9. The number of carbonyl (C=O) groups is 5. The van der Waals surface area contributed by atoms with Crippen molar-refractivity contribution in [2.45, 2.75) is 65.0 Å². The van der Waals surface area contributed by atoms with E-state index in [1.165, 1.54) is 13.2 Å². The molecule has 0 spiro atoms. The Balaban J connectivity index is 5.57. The molecule has 53 heavy (non-hydrogen) atoms. The summed E-state index contributed by atoms with van der Waals surface area (Å²) in [4.78, 5) is 59.7. The summed E-state index contributed by atoms with van der Waals surface area (Å²) in [6.07, 6.45) is 1.54. The molecule has 24 heteroatoms. The molecule has 0 aromatic carbocycles. The van der Waals surface area contributed by atoms with Crippen LogP contribution in [0.2, 0.25) is 0 Å². The number of halogens is 13. The van der Waals surface area contributed by atoms with Crippen LogP contribution in [0.25, 0.3) is 0 Å². The van der Waals surface area contributed by atoms with Crippen molar-refractivity contribution in [2.24, 2.45) is 17.8 Å². The zero-order valence-electron chi connectivity index (χ0n) is 27.6. The summed E-state index contributed by atoms with van der Waals surface area (Å²) in [5, 5.41) is -0.972. The van der Waals surface area contributed by atoms with Crippen LogP contribution in [0.5, 0.6) is 0 Å². The molecular formula is C29H35Cl13O11. The summed E-state index contributed by atoms with van der Waals surface area (Å²) in [7, 11) is 1.46. The fraction of sp³-hybridized carbons (Fsp3) is 0.759. The highest BCUT2D eigenvalue weighted by Crippen LogP contribution is 2.37. The van der Waals surface area contributed by atoms with E-state index in [-0.39, 0.29) is 58.0 Å². The van der Waals surface area contributed by atoms with E-state index in [0.717, 1.165) is 0 Å².